The van der Waals surface area contributed by atoms with E-state index in [9.17, 15) is 14.5 Å². The summed E-state index contributed by atoms with van der Waals surface area (Å²) >= 11 is 0. The molecular weight excluding hydrogens is 233 g/mol. The predicted octanol–water partition coefficient (Wildman–Crippen LogP) is 0.735. The highest BCUT2D eigenvalue weighted by molar-refractivity contribution is 7.54. The molecule has 2 unspecified atom stereocenters. The van der Waals surface area contributed by atoms with Crippen molar-refractivity contribution in [2.24, 2.45) is 11.7 Å². The van der Waals surface area contributed by atoms with Crippen molar-refractivity contribution in [3.8, 4) is 0 Å². The Morgan fingerprint density at radius 2 is 1.81 bits per heavy atom. The largest absolute Gasteiger partial charge is 0.395 e. The molecule has 0 saturated heterocycles. The molecule has 7 heteroatoms. The number of hydrogen-bond acceptors (Lipinski definition) is 5. The van der Waals surface area contributed by atoms with Crippen molar-refractivity contribution in [1.29, 1.82) is 0 Å². The van der Waals surface area contributed by atoms with E-state index in [1.54, 1.807) is 13.8 Å². The van der Waals surface area contributed by atoms with Crippen molar-refractivity contribution >= 4 is 13.5 Å². The zero-order valence-electron chi connectivity index (χ0n) is 9.88. The van der Waals surface area contributed by atoms with Gasteiger partial charge in [0, 0.05) is 0 Å². The molecule has 3 N–H and O–H groups in total. The maximum Gasteiger partial charge on any atom is 0.336 e. The zero-order chi connectivity index (χ0) is 12.8. The van der Waals surface area contributed by atoms with E-state index in [1.807, 2.05) is 0 Å². The van der Waals surface area contributed by atoms with Crippen LogP contribution in [0.25, 0.3) is 0 Å². The van der Waals surface area contributed by atoms with Crippen molar-refractivity contribution in [3.05, 3.63) is 0 Å². The van der Waals surface area contributed by atoms with Gasteiger partial charge in [0.05, 0.1) is 31.4 Å². The summed E-state index contributed by atoms with van der Waals surface area (Å²) in [6.07, 6.45) is 0. The summed E-state index contributed by atoms with van der Waals surface area (Å²) in [5.74, 6) is -1.41. The van der Waals surface area contributed by atoms with E-state index >= 15 is 0 Å². The van der Waals surface area contributed by atoms with E-state index in [0.717, 1.165) is 0 Å². The van der Waals surface area contributed by atoms with Crippen LogP contribution in [0.4, 0.5) is 0 Å². The van der Waals surface area contributed by atoms with Gasteiger partial charge in [-0.3, -0.25) is 9.36 Å². The zero-order valence-corrected chi connectivity index (χ0v) is 10.8. The van der Waals surface area contributed by atoms with Crippen LogP contribution < -0.4 is 5.73 Å². The van der Waals surface area contributed by atoms with E-state index in [0.29, 0.717) is 0 Å². The molecule has 0 saturated carbocycles. The minimum atomic E-state index is -3.49. The molecule has 0 aliphatic carbocycles. The molecule has 0 radical (unpaired) electrons. The van der Waals surface area contributed by atoms with E-state index in [4.69, 9.17) is 14.8 Å². The molecule has 0 aromatic carbocycles. The third-order valence-corrected chi connectivity index (χ3v) is 4.90. The molecule has 0 rings (SSSR count). The van der Waals surface area contributed by atoms with Crippen molar-refractivity contribution in [2.45, 2.75) is 26.4 Å². The summed E-state index contributed by atoms with van der Waals surface area (Å²) < 4.78 is 22.4. The molecule has 0 bridgehead atoms. The van der Waals surface area contributed by atoms with Crippen molar-refractivity contribution < 1.29 is 23.5 Å². The third kappa shape index (κ3) is 3.87. The Bertz CT molecular complexity index is 261. The van der Waals surface area contributed by atoms with E-state index in [1.165, 1.54) is 6.92 Å². The summed E-state index contributed by atoms with van der Waals surface area (Å²) in [4.78, 5) is 11.0. The van der Waals surface area contributed by atoms with Crippen LogP contribution in [0.15, 0.2) is 0 Å². The SMILES string of the molecule is CCOP(=O)(OCC)C(CO)C(C)C(N)=O. The molecule has 0 aromatic rings. The number of rotatable bonds is 8. The van der Waals surface area contributed by atoms with Gasteiger partial charge in [-0.2, -0.15) is 0 Å². The number of hydrogen-bond donors (Lipinski definition) is 2. The van der Waals surface area contributed by atoms with Gasteiger partial charge in [-0.05, 0) is 13.8 Å². The summed E-state index contributed by atoms with van der Waals surface area (Å²) in [5.41, 5.74) is 4.21. The average molecular weight is 253 g/mol. The maximum atomic E-state index is 12.3. The summed E-state index contributed by atoms with van der Waals surface area (Å²) in [6, 6.07) is 0. The van der Waals surface area contributed by atoms with Crippen molar-refractivity contribution in [3.63, 3.8) is 0 Å². The van der Waals surface area contributed by atoms with Gasteiger partial charge >= 0.3 is 7.60 Å². The number of aliphatic hydroxyl groups is 1. The highest BCUT2D eigenvalue weighted by Crippen LogP contribution is 2.55. The summed E-state index contributed by atoms with van der Waals surface area (Å²) in [6.45, 7) is 4.71. The molecule has 0 spiro atoms. The quantitative estimate of drug-likeness (QED) is 0.621. The van der Waals surface area contributed by atoms with Gasteiger partial charge in [0.1, 0.15) is 0 Å². The Kier molecular flexibility index (Phi) is 6.83. The second-order valence-electron chi connectivity index (χ2n) is 3.32. The van der Waals surface area contributed by atoms with Crippen LogP contribution in [0.1, 0.15) is 20.8 Å². The molecule has 2 atom stereocenters. The smallest absolute Gasteiger partial charge is 0.336 e. The second-order valence-corrected chi connectivity index (χ2v) is 5.58. The van der Waals surface area contributed by atoms with Crippen molar-refractivity contribution in [1.82, 2.24) is 0 Å². The van der Waals surface area contributed by atoms with Crippen LogP contribution in [-0.4, -0.2) is 36.5 Å². The molecule has 0 aliphatic rings. The Balaban J connectivity index is 4.98. The fourth-order valence-electron chi connectivity index (χ4n) is 1.31. The molecule has 96 valence electrons. The van der Waals surface area contributed by atoms with Crippen molar-refractivity contribution in [2.75, 3.05) is 19.8 Å². The first-order valence-electron chi connectivity index (χ1n) is 5.21. The first-order valence-corrected chi connectivity index (χ1v) is 6.83. The van der Waals surface area contributed by atoms with Crippen LogP contribution in [0.3, 0.4) is 0 Å². The average Bonchev–Trinajstić information content (AvgIpc) is 2.18. The summed E-state index contributed by atoms with van der Waals surface area (Å²) in [5, 5.41) is 9.19. The van der Waals surface area contributed by atoms with E-state index in [-0.39, 0.29) is 13.2 Å². The third-order valence-electron chi connectivity index (χ3n) is 2.24. The van der Waals surface area contributed by atoms with Crippen LogP contribution in [-0.2, 0) is 18.4 Å². The number of primary amides is 1. The molecule has 0 aromatic heterocycles. The van der Waals surface area contributed by atoms with Gasteiger partial charge in [-0.1, -0.05) is 6.92 Å². The van der Waals surface area contributed by atoms with Crippen LogP contribution >= 0.6 is 7.60 Å². The predicted molar refractivity (Wildman–Crippen MR) is 60.1 cm³/mol. The number of amides is 1. The molecule has 0 fully saturated rings. The van der Waals surface area contributed by atoms with Gasteiger partial charge in [-0.25, -0.2) is 0 Å². The number of aliphatic hydroxyl groups excluding tert-OH is 1. The standard InChI is InChI=1S/C9H20NO5P/c1-4-14-16(13,15-5-2)8(6-11)7(3)9(10)12/h7-8,11H,4-6H2,1-3H3,(H2,10,12). The Morgan fingerprint density at radius 3 is 2.06 bits per heavy atom. The van der Waals surface area contributed by atoms with Gasteiger partial charge in [-0.15, -0.1) is 0 Å². The van der Waals surface area contributed by atoms with Crippen LogP contribution in [0.5, 0.6) is 0 Å². The van der Waals surface area contributed by atoms with Gasteiger partial charge in [0.15, 0.2) is 0 Å². The number of carbonyl (C=O) groups is 1. The lowest BCUT2D eigenvalue weighted by Gasteiger charge is -2.27. The fourth-order valence-corrected chi connectivity index (χ4v) is 3.38. The first-order chi connectivity index (χ1) is 7.42. The van der Waals surface area contributed by atoms with Crippen LogP contribution in [0.2, 0.25) is 0 Å². The maximum absolute atomic E-state index is 12.3. The molecule has 0 aliphatic heterocycles. The van der Waals surface area contributed by atoms with Gasteiger partial charge in [0.25, 0.3) is 0 Å². The lowest BCUT2D eigenvalue weighted by molar-refractivity contribution is -0.121. The minimum Gasteiger partial charge on any atom is -0.395 e. The topological polar surface area (TPSA) is 98.8 Å². The minimum absolute atomic E-state index is 0.180. The first kappa shape index (κ1) is 15.6. The highest BCUT2D eigenvalue weighted by Gasteiger charge is 2.40. The Morgan fingerprint density at radius 1 is 1.38 bits per heavy atom. The van der Waals surface area contributed by atoms with E-state index in [2.05, 4.69) is 0 Å². The fraction of sp³-hybridized carbons (Fsp3) is 0.889. The molecule has 1 amide bonds. The lowest BCUT2D eigenvalue weighted by Crippen LogP contribution is -2.34. The molecule has 6 nitrogen and oxygen atoms in total. The number of carbonyl (C=O) groups excluding carboxylic acids is 1. The van der Waals surface area contributed by atoms with Gasteiger partial charge in [0.2, 0.25) is 5.91 Å². The normalized spacial score (nSPS) is 15.8. The van der Waals surface area contributed by atoms with E-state index < -0.39 is 31.7 Å². The molecule has 16 heavy (non-hydrogen) atoms. The van der Waals surface area contributed by atoms with Crippen LogP contribution in [0, 0.1) is 5.92 Å². The van der Waals surface area contributed by atoms with Gasteiger partial charge < -0.3 is 19.9 Å². The molecular formula is C9H20NO5P. The highest BCUT2D eigenvalue weighted by atomic mass is 31.2. The molecule has 0 heterocycles. The number of nitrogens with two attached hydrogens (primary N) is 1. The monoisotopic (exact) mass is 253 g/mol. The Hall–Kier alpha value is -0.420. The second kappa shape index (κ2) is 7.01. The Labute approximate surface area is 95.6 Å². The summed E-state index contributed by atoms with van der Waals surface area (Å²) in [7, 11) is -3.49. The lowest BCUT2D eigenvalue weighted by atomic mass is 10.1.